The van der Waals surface area contributed by atoms with E-state index < -0.39 is 5.82 Å². The maximum atomic E-state index is 13.5. The van der Waals surface area contributed by atoms with Gasteiger partial charge in [0.25, 0.3) is 0 Å². The zero-order valence-electron chi connectivity index (χ0n) is 17.7. The molecule has 31 heavy (non-hydrogen) atoms. The second kappa shape index (κ2) is 9.66. The molecule has 0 aliphatic carbocycles. The van der Waals surface area contributed by atoms with Crippen LogP contribution in [0.1, 0.15) is 26.7 Å². The molecule has 8 heteroatoms. The Bertz CT molecular complexity index is 1060. The highest BCUT2D eigenvalue weighted by molar-refractivity contribution is 6.31. The number of hydrogen-bond acceptors (Lipinski definition) is 6. The van der Waals surface area contributed by atoms with Crippen molar-refractivity contribution < 1.29 is 13.9 Å². The monoisotopic (exact) mass is 444 g/mol. The Morgan fingerprint density at radius 1 is 1.13 bits per heavy atom. The fourth-order valence-electron chi connectivity index (χ4n) is 3.76. The summed E-state index contributed by atoms with van der Waals surface area (Å²) in [5, 5.41) is 4.04. The van der Waals surface area contributed by atoms with Crippen molar-refractivity contribution in [2.75, 3.05) is 31.6 Å². The maximum absolute atomic E-state index is 13.5. The third-order valence-electron chi connectivity index (χ3n) is 5.46. The fourth-order valence-corrected chi connectivity index (χ4v) is 3.94. The summed E-state index contributed by atoms with van der Waals surface area (Å²) in [7, 11) is 0. The Kier molecular flexibility index (Phi) is 6.73. The summed E-state index contributed by atoms with van der Waals surface area (Å²) in [4.78, 5) is 11.2. The van der Waals surface area contributed by atoms with Gasteiger partial charge in [0.2, 0.25) is 0 Å². The highest BCUT2D eigenvalue weighted by Crippen LogP contribution is 2.36. The van der Waals surface area contributed by atoms with Crippen LogP contribution < -0.4 is 14.8 Å². The Labute approximate surface area is 186 Å². The number of fused-ring (bicyclic) bond motifs is 1. The van der Waals surface area contributed by atoms with E-state index in [1.165, 1.54) is 18.5 Å². The van der Waals surface area contributed by atoms with Crippen molar-refractivity contribution in [3.8, 4) is 11.5 Å². The Morgan fingerprint density at radius 2 is 1.94 bits per heavy atom. The number of nitrogens with zero attached hydrogens (tertiary/aromatic N) is 3. The molecule has 6 nitrogen and oxygen atoms in total. The fraction of sp³-hybridized carbons (Fsp3) is 0.391. The van der Waals surface area contributed by atoms with Gasteiger partial charge in [-0.3, -0.25) is 0 Å². The first-order valence-electron chi connectivity index (χ1n) is 10.6. The number of nitrogens with one attached hydrogen (secondary N) is 1. The molecule has 1 N–H and O–H groups in total. The normalized spacial score (nSPS) is 15.2. The number of piperidine rings is 1. The molecule has 1 fully saturated rings. The van der Waals surface area contributed by atoms with Gasteiger partial charge in [-0.25, -0.2) is 14.4 Å². The minimum Gasteiger partial charge on any atom is -0.490 e. The maximum Gasteiger partial charge on any atom is 0.163 e. The predicted octanol–water partition coefficient (Wildman–Crippen LogP) is 5.43. The molecule has 0 atom stereocenters. The number of aromatic nitrogens is 2. The van der Waals surface area contributed by atoms with Crippen LogP contribution in [-0.2, 0) is 0 Å². The quantitative estimate of drug-likeness (QED) is 0.524. The van der Waals surface area contributed by atoms with Crippen LogP contribution in [0.15, 0.2) is 36.7 Å². The lowest BCUT2D eigenvalue weighted by atomic mass is 10.1. The van der Waals surface area contributed by atoms with Crippen LogP contribution in [0, 0.1) is 5.82 Å². The molecule has 0 saturated carbocycles. The average Bonchev–Trinajstić information content (AvgIpc) is 2.78. The van der Waals surface area contributed by atoms with Gasteiger partial charge >= 0.3 is 0 Å². The van der Waals surface area contributed by atoms with Gasteiger partial charge in [-0.15, -0.1) is 0 Å². The molecule has 4 rings (SSSR count). The largest absolute Gasteiger partial charge is 0.490 e. The molecule has 0 unspecified atom stereocenters. The van der Waals surface area contributed by atoms with Crippen LogP contribution in [0.3, 0.4) is 0 Å². The van der Waals surface area contributed by atoms with E-state index in [0.29, 0.717) is 29.6 Å². The third kappa shape index (κ3) is 4.99. The van der Waals surface area contributed by atoms with Crippen molar-refractivity contribution in [3.63, 3.8) is 0 Å². The predicted molar refractivity (Wildman–Crippen MR) is 121 cm³/mol. The molecule has 2 heterocycles. The number of anilines is 2. The van der Waals surface area contributed by atoms with Gasteiger partial charge in [-0.1, -0.05) is 18.5 Å². The number of ether oxygens (including phenoxy) is 2. The summed E-state index contributed by atoms with van der Waals surface area (Å²) in [6.07, 6.45) is 3.56. The molecule has 0 radical (unpaired) electrons. The van der Waals surface area contributed by atoms with Gasteiger partial charge in [0.15, 0.2) is 11.5 Å². The topological polar surface area (TPSA) is 59.5 Å². The summed E-state index contributed by atoms with van der Waals surface area (Å²) in [6, 6.07) is 8.25. The van der Waals surface area contributed by atoms with Crippen molar-refractivity contribution in [2.24, 2.45) is 0 Å². The first-order valence-corrected chi connectivity index (χ1v) is 11.0. The van der Waals surface area contributed by atoms with Gasteiger partial charge in [0.05, 0.1) is 17.1 Å². The van der Waals surface area contributed by atoms with Crippen molar-refractivity contribution in [3.05, 3.63) is 47.5 Å². The summed E-state index contributed by atoms with van der Waals surface area (Å²) in [6.45, 7) is 7.77. The summed E-state index contributed by atoms with van der Waals surface area (Å²) >= 11 is 5.92. The van der Waals surface area contributed by atoms with Gasteiger partial charge in [-0.05, 0) is 50.6 Å². The first-order chi connectivity index (χ1) is 15.1. The zero-order chi connectivity index (χ0) is 21.8. The highest BCUT2D eigenvalue weighted by Gasteiger charge is 2.22. The first kappa shape index (κ1) is 21.6. The van der Waals surface area contributed by atoms with E-state index in [0.717, 1.165) is 43.4 Å². The van der Waals surface area contributed by atoms with E-state index in [9.17, 15) is 4.39 Å². The molecular formula is C23H26ClFN4O2. The summed E-state index contributed by atoms with van der Waals surface area (Å²) in [5.74, 6) is 1.47. The molecule has 0 amide bonds. The molecule has 0 bridgehead atoms. The van der Waals surface area contributed by atoms with Crippen LogP contribution >= 0.6 is 11.6 Å². The van der Waals surface area contributed by atoms with Crippen molar-refractivity contribution in [1.82, 2.24) is 14.9 Å². The number of rotatable bonds is 7. The average molecular weight is 445 g/mol. The van der Waals surface area contributed by atoms with E-state index in [1.54, 1.807) is 6.07 Å². The number of halogens is 2. The van der Waals surface area contributed by atoms with Gasteiger partial charge < -0.3 is 19.7 Å². The Morgan fingerprint density at radius 3 is 2.65 bits per heavy atom. The number of likely N-dealkylation sites (tertiary alicyclic amines) is 1. The van der Waals surface area contributed by atoms with E-state index in [1.807, 2.05) is 19.1 Å². The Balaban J connectivity index is 1.65. The second-order valence-electron chi connectivity index (χ2n) is 7.48. The van der Waals surface area contributed by atoms with E-state index in [-0.39, 0.29) is 11.1 Å². The molecule has 1 aromatic heterocycles. The SMILES string of the molecule is CCOc1cc2ncnc(Nc3ccc(F)c(Cl)c3)c2cc1OC1CCN(CC)CC1. The second-order valence-corrected chi connectivity index (χ2v) is 7.88. The van der Waals surface area contributed by atoms with Gasteiger partial charge in [-0.2, -0.15) is 0 Å². The number of hydrogen-bond donors (Lipinski definition) is 1. The molecule has 164 valence electrons. The molecule has 3 aromatic rings. The third-order valence-corrected chi connectivity index (χ3v) is 5.75. The van der Waals surface area contributed by atoms with E-state index in [4.69, 9.17) is 21.1 Å². The molecule has 1 saturated heterocycles. The molecule has 1 aliphatic rings. The van der Waals surface area contributed by atoms with Crippen molar-refractivity contribution in [2.45, 2.75) is 32.8 Å². The molecule has 1 aliphatic heterocycles. The Hall–Kier alpha value is -2.64. The zero-order valence-corrected chi connectivity index (χ0v) is 18.5. The molecule has 0 spiro atoms. The van der Waals surface area contributed by atoms with Gasteiger partial charge in [0, 0.05) is 30.2 Å². The van der Waals surface area contributed by atoms with Crippen LogP contribution in [0.5, 0.6) is 11.5 Å². The highest BCUT2D eigenvalue weighted by atomic mass is 35.5. The smallest absolute Gasteiger partial charge is 0.163 e. The summed E-state index contributed by atoms with van der Waals surface area (Å²) < 4.78 is 25.7. The lowest BCUT2D eigenvalue weighted by molar-refractivity contribution is 0.100. The lowest BCUT2D eigenvalue weighted by Crippen LogP contribution is -2.38. The molecule has 2 aromatic carbocycles. The number of benzene rings is 2. The minimum atomic E-state index is -0.467. The van der Waals surface area contributed by atoms with Crippen LogP contribution in [0.2, 0.25) is 5.02 Å². The minimum absolute atomic E-state index is 0.0458. The van der Waals surface area contributed by atoms with Crippen molar-refractivity contribution >= 4 is 34.0 Å². The lowest BCUT2D eigenvalue weighted by Gasteiger charge is -2.31. The van der Waals surface area contributed by atoms with Crippen LogP contribution in [0.4, 0.5) is 15.9 Å². The standard InChI is InChI=1S/C23H26ClFN4O2/c1-3-29-9-7-16(8-10-29)31-22-12-17-20(13-21(22)30-4-2)26-14-27-23(17)28-15-5-6-19(25)18(24)11-15/h5-6,11-14,16H,3-4,7-10H2,1-2H3,(H,26,27,28). The van der Waals surface area contributed by atoms with Crippen LogP contribution in [0.25, 0.3) is 10.9 Å². The van der Waals surface area contributed by atoms with E-state index >= 15 is 0 Å². The summed E-state index contributed by atoms with van der Waals surface area (Å²) in [5.41, 5.74) is 1.36. The van der Waals surface area contributed by atoms with Crippen molar-refractivity contribution in [1.29, 1.82) is 0 Å². The van der Waals surface area contributed by atoms with Gasteiger partial charge in [0.1, 0.15) is 24.1 Å². The van der Waals surface area contributed by atoms with E-state index in [2.05, 4.69) is 27.1 Å². The van der Waals surface area contributed by atoms with Crippen LogP contribution in [-0.4, -0.2) is 47.2 Å². The molecular weight excluding hydrogens is 419 g/mol.